The van der Waals surface area contributed by atoms with E-state index in [9.17, 15) is 18.3 Å². The summed E-state index contributed by atoms with van der Waals surface area (Å²) in [7, 11) is 1.57. The van der Waals surface area contributed by atoms with Crippen LogP contribution < -0.4 is 4.90 Å². The summed E-state index contributed by atoms with van der Waals surface area (Å²) in [6, 6.07) is 5.41. The summed E-state index contributed by atoms with van der Waals surface area (Å²) < 4.78 is 44.1. The lowest BCUT2D eigenvalue weighted by atomic mass is 9.93. The summed E-state index contributed by atoms with van der Waals surface area (Å²) in [5.74, 6) is 0. The Balaban J connectivity index is 2.19. The molecule has 0 atom stereocenters. The SMILES string of the molecule is CN(CC1(O)CCOCC1)c1ccccc1C(F)(F)F. The molecule has 1 aliphatic heterocycles. The van der Waals surface area contributed by atoms with Crippen molar-refractivity contribution >= 4 is 5.69 Å². The van der Waals surface area contributed by atoms with Gasteiger partial charge in [0.1, 0.15) is 0 Å². The van der Waals surface area contributed by atoms with Crippen LogP contribution in [0.4, 0.5) is 18.9 Å². The van der Waals surface area contributed by atoms with Crippen molar-refractivity contribution in [1.29, 1.82) is 0 Å². The molecule has 0 radical (unpaired) electrons. The zero-order valence-corrected chi connectivity index (χ0v) is 11.3. The van der Waals surface area contributed by atoms with E-state index in [1.54, 1.807) is 13.1 Å². The van der Waals surface area contributed by atoms with E-state index in [0.717, 1.165) is 6.07 Å². The highest BCUT2D eigenvalue weighted by atomic mass is 19.4. The van der Waals surface area contributed by atoms with Gasteiger partial charge in [0.15, 0.2) is 0 Å². The van der Waals surface area contributed by atoms with Gasteiger partial charge in [0, 0.05) is 45.3 Å². The van der Waals surface area contributed by atoms with E-state index in [-0.39, 0.29) is 12.2 Å². The van der Waals surface area contributed by atoms with Crippen LogP contribution >= 0.6 is 0 Å². The zero-order valence-electron chi connectivity index (χ0n) is 11.3. The Hall–Kier alpha value is -1.27. The second-order valence-corrected chi connectivity index (χ2v) is 5.21. The van der Waals surface area contributed by atoms with Crippen molar-refractivity contribution in [3.63, 3.8) is 0 Å². The second-order valence-electron chi connectivity index (χ2n) is 5.21. The highest BCUT2D eigenvalue weighted by molar-refractivity contribution is 5.54. The molecule has 1 aliphatic rings. The number of anilines is 1. The largest absolute Gasteiger partial charge is 0.418 e. The minimum Gasteiger partial charge on any atom is -0.388 e. The van der Waals surface area contributed by atoms with E-state index in [1.165, 1.54) is 17.0 Å². The Labute approximate surface area is 116 Å². The number of para-hydroxylation sites is 1. The molecule has 0 aliphatic carbocycles. The van der Waals surface area contributed by atoms with E-state index in [0.29, 0.717) is 26.1 Å². The first kappa shape index (κ1) is 15.1. The highest BCUT2D eigenvalue weighted by Gasteiger charge is 2.36. The molecule has 1 aromatic carbocycles. The Morgan fingerprint density at radius 3 is 2.45 bits per heavy atom. The van der Waals surface area contributed by atoms with Gasteiger partial charge in [-0.1, -0.05) is 12.1 Å². The Morgan fingerprint density at radius 1 is 1.25 bits per heavy atom. The van der Waals surface area contributed by atoms with E-state index in [2.05, 4.69) is 0 Å². The predicted molar refractivity (Wildman–Crippen MR) is 69.7 cm³/mol. The molecule has 0 bridgehead atoms. The van der Waals surface area contributed by atoms with Crippen molar-refractivity contribution in [3.8, 4) is 0 Å². The third kappa shape index (κ3) is 3.43. The van der Waals surface area contributed by atoms with Crippen molar-refractivity contribution in [2.24, 2.45) is 0 Å². The van der Waals surface area contributed by atoms with E-state index < -0.39 is 17.3 Å². The summed E-state index contributed by atoms with van der Waals surface area (Å²) >= 11 is 0. The van der Waals surface area contributed by atoms with Gasteiger partial charge >= 0.3 is 6.18 Å². The number of benzene rings is 1. The molecule has 1 heterocycles. The number of aliphatic hydroxyl groups is 1. The summed E-state index contributed by atoms with van der Waals surface area (Å²) in [6.07, 6.45) is -3.53. The third-order valence-corrected chi connectivity index (χ3v) is 3.58. The van der Waals surface area contributed by atoms with Crippen molar-refractivity contribution in [1.82, 2.24) is 0 Å². The number of halogens is 3. The molecule has 0 spiro atoms. The zero-order chi connectivity index (χ0) is 14.8. The van der Waals surface area contributed by atoms with Gasteiger partial charge in [-0.25, -0.2) is 0 Å². The van der Waals surface area contributed by atoms with Crippen LogP contribution in [0.1, 0.15) is 18.4 Å². The number of ether oxygens (including phenoxy) is 1. The maximum Gasteiger partial charge on any atom is 0.418 e. The molecule has 0 amide bonds. The molecule has 1 saturated heterocycles. The fourth-order valence-electron chi connectivity index (χ4n) is 2.48. The quantitative estimate of drug-likeness (QED) is 0.928. The van der Waals surface area contributed by atoms with Crippen molar-refractivity contribution in [2.75, 3.05) is 31.7 Å². The molecule has 112 valence electrons. The minimum absolute atomic E-state index is 0.0833. The fraction of sp³-hybridized carbons (Fsp3) is 0.571. The van der Waals surface area contributed by atoms with Crippen LogP contribution in [0.2, 0.25) is 0 Å². The standard InChI is InChI=1S/C14H18F3NO2/c1-18(10-13(19)6-8-20-9-7-13)12-5-3-2-4-11(12)14(15,16)17/h2-5,19H,6-10H2,1H3. The maximum atomic E-state index is 13.0. The first-order valence-corrected chi connectivity index (χ1v) is 6.49. The molecule has 2 rings (SSSR count). The summed E-state index contributed by atoms with van der Waals surface area (Å²) in [5.41, 5.74) is -1.59. The van der Waals surface area contributed by atoms with E-state index in [4.69, 9.17) is 4.74 Å². The Kier molecular flexibility index (Phi) is 4.25. The molecule has 0 saturated carbocycles. The first-order chi connectivity index (χ1) is 9.32. The fourth-order valence-corrected chi connectivity index (χ4v) is 2.48. The molecule has 0 unspecified atom stereocenters. The minimum atomic E-state index is -4.40. The molecule has 20 heavy (non-hydrogen) atoms. The number of hydrogen-bond donors (Lipinski definition) is 1. The van der Waals surface area contributed by atoms with Gasteiger partial charge in [0.2, 0.25) is 0 Å². The van der Waals surface area contributed by atoms with Crippen LogP contribution in [0.5, 0.6) is 0 Å². The number of nitrogens with zero attached hydrogens (tertiary/aromatic N) is 1. The third-order valence-electron chi connectivity index (χ3n) is 3.58. The molecule has 1 fully saturated rings. The number of rotatable bonds is 3. The highest BCUT2D eigenvalue weighted by Crippen LogP contribution is 2.36. The van der Waals surface area contributed by atoms with Crippen LogP contribution in [0, 0.1) is 0 Å². The molecule has 0 aromatic heterocycles. The van der Waals surface area contributed by atoms with Gasteiger partial charge in [-0.15, -0.1) is 0 Å². The number of alkyl halides is 3. The normalized spacial score (nSPS) is 18.9. The first-order valence-electron chi connectivity index (χ1n) is 6.49. The van der Waals surface area contributed by atoms with Crippen molar-refractivity contribution in [3.05, 3.63) is 29.8 Å². The van der Waals surface area contributed by atoms with Crippen LogP contribution in [0.25, 0.3) is 0 Å². The van der Waals surface area contributed by atoms with Gasteiger partial charge in [-0.3, -0.25) is 0 Å². The molecule has 1 N–H and O–H groups in total. The summed E-state index contributed by atoms with van der Waals surface area (Å²) in [5, 5.41) is 10.4. The summed E-state index contributed by atoms with van der Waals surface area (Å²) in [4.78, 5) is 1.47. The van der Waals surface area contributed by atoms with Crippen molar-refractivity contribution in [2.45, 2.75) is 24.6 Å². The van der Waals surface area contributed by atoms with Gasteiger partial charge in [0.25, 0.3) is 0 Å². The molecule has 3 nitrogen and oxygen atoms in total. The smallest absolute Gasteiger partial charge is 0.388 e. The van der Waals surface area contributed by atoms with Crippen LogP contribution in [0.15, 0.2) is 24.3 Å². The molecule has 6 heteroatoms. The van der Waals surface area contributed by atoms with Gasteiger partial charge in [-0.2, -0.15) is 13.2 Å². The Morgan fingerprint density at radius 2 is 1.85 bits per heavy atom. The van der Waals surface area contributed by atoms with Crippen LogP contribution in [-0.2, 0) is 10.9 Å². The number of hydrogen-bond acceptors (Lipinski definition) is 3. The monoisotopic (exact) mass is 289 g/mol. The number of likely N-dealkylation sites (N-methyl/N-ethyl adjacent to an activating group) is 1. The van der Waals surface area contributed by atoms with E-state index in [1.807, 2.05) is 0 Å². The average molecular weight is 289 g/mol. The van der Waals surface area contributed by atoms with Crippen molar-refractivity contribution < 1.29 is 23.0 Å². The molecular formula is C14H18F3NO2. The van der Waals surface area contributed by atoms with Crippen LogP contribution in [0.3, 0.4) is 0 Å². The van der Waals surface area contributed by atoms with Gasteiger partial charge in [0.05, 0.1) is 11.2 Å². The van der Waals surface area contributed by atoms with Crippen LogP contribution in [-0.4, -0.2) is 37.5 Å². The van der Waals surface area contributed by atoms with E-state index >= 15 is 0 Å². The maximum absolute atomic E-state index is 13.0. The lowest BCUT2D eigenvalue weighted by Gasteiger charge is -2.36. The lowest BCUT2D eigenvalue weighted by molar-refractivity contribution is -0.137. The molecule has 1 aromatic rings. The predicted octanol–water partition coefficient (Wildman–Crippen LogP) is 2.68. The molecular weight excluding hydrogens is 271 g/mol. The Bertz CT molecular complexity index is 456. The van der Waals surface area contributed by atoms with Gasteiger partial charge in [-0.05, 0) is 12.1 Å². The topological polar surface area (TPSA) is 32.7 Å². The second kappa shape index (κ2) is 5.61. The summed E-state index contributed by atoms with van der Waals surface area (Å²) in [6.45, 7) is 1.03. The van der Waals surface area contributed by atoms with Gasteiger partial charge < -0.3 is 14.7 Å². The lowest BCUT2D eigenvalue weighted by Crippen LogP contribution is -2.46. The average Bonchev–Trinajstić information content (AvgIpc) is 2.38.